The third-order valence-corrected chi connectivity index (χ3v) is 3.99. The quantitative estimate of drug-likeness (QED) is 0.820. The van der Waals surface area contributed by atoms with E-state index in [1.165, 1.54) is 4.90 Å². The number of ether oxygens (including phenoxy) is 1. The smallest absolute Gasteiger partial charge is 0.326 e. The van der Waals surface area contributed by atoms with Gasteiger partial charge in [-0.3, -0.25) is 4.79 Å². The lowest BCUT2D eigenvalue weighted by Crippen LogP contribution is -2.47. The number of carboxylic acid groups (broad SMARTS) is 1. The maximum atomic E-state index is 12.2. The van der Waals surface area contributed by atoms with Crippen molar-refractivity contribution in [1.29, 1.82) is 0 Å². The van der Waals surface area contributed by atoms with Crippen LogP contribution in [-0.2, 0) is 9.59 Å². The Labute approximate surface area is 130 Å². The number of para-hydroxylation sites is 1. The minimum atomic E-state index is -0.899. The van der Waals surface area contributed by atoms with Crippen molar-refractivity contribution in [2.45, 2.75) is 45.1 Å². The van der Waals surface area contributed by atoms with Gasteiger partial charge < -0.3 is 14.7 Å². The maximum absolute atomic E-state index is 12.2. The van der Waals surface area contributed by atoms with Gasteiger partial charge >= 0.3 is 5.97 Å². The van der Waals surface area contributed by atoms with E-state index < -0.39 is 12.0 Å². The Morgan fingerprint density at radius 3 is 2.82 bits per heavy atom. The van der Waals surface area contributed by atoms with Gasteiger partial charge in [0.1, 0.15) is 11.8 Å². The summed E-state index contributed by atoms with van der Waals surface area (Å²) >= 11 is 0. The molecule has 2 rings (SSSR count). The van der Waals surface area contributed by atoms with E-state index in [9.17, 15) is 14.7 Å². The van der Waals surface area contributed by atoms with Crippen LogP contribution < -0.4 is 4.74 Å². The van der Waals surface area contributed by atoms with E-state index in [1.54, 1.807) is 0 Å². The molecule has 0 aliphatic carbocycles. The molecule has 0 saturated carbocycles. The predicted molar refractivity (Wildman–Crippen MR) is 82.9 cm³/mol. The average molecular weight is 305 g/mol. The number of hydrogen-bond donors (Lipinski definition) is 1. The van der Waals surface area contributed by atoms with Gasteiger partial charge in [-0.25, -0.2) is 4.79 Å². The molecule has 0 spiro atoms. The fourth-order valence-electron chi connectivity index (χ4n) is 2.75. The molecule has 1 aromatic rings. The van der Waals surface area contributed by atoms with Crippen LogP contribution in [0.4, 0.5) is 0 Å². The number of rotatable bonds is 6. The van der Waals surface area contributed by atoms with Gasteiger partial charge in [-0.2, -0.15) is 0 Å². The maximum Gasteiger partial charge on any atom is 0.326 e. The molecule has 1 N–H and O–H groups in total. The SMILES string of the molecule is Cc1ccccc1OCCCC(=O)N1CCCC[C@@H]1C(=O)O. The van der Waals surface area contributed by atoms with Crippen LogP contribution in [0.15, 0.2) is 24.3 Å². The molecule has 5 nitrogen and oxygen atoms in total. The molecule has 0 unspecified atom stereocenters. The number of piperidine rings is 1. The van der Waals surface area contributed by atoms with E-state index in [2.05, 4.69) is 0 Å². The third kappa shape index (κ3) is 4.23. The highest BCUT2D eigenvalue weighted by Gasteiger charge is 2.31. The minimum absolute atomic E-state index is 0.0829. The van der Waals surface area contributed by atoms with Crippen LogP contribution in [0.25, 0.3) is 0 Å². The number of carbonyl (C=O) groups excluding carboxylic acids is 1. The molecule has 0 radical (unpaired) electrons. The molecule has 0 bridgehead atoms. The van der Waals surface area contributed by atoms with Crippen LogP contribution >= 0.6 is 0 Å². The highest BCUT2D eigenvalue weighted by Crippen LogP contribution is 2.19. The summed E-state index contributed by atoms with van der Waals surface area (Å²) in [4.78, 5) is 24.9. The number of carboxylic acids is 1. The summed E-state index contributed by atoms with van der Waals surface area (Å²) in [6.45, 7) is 2.99. The number of aryl methyl sites for hydroxylation is 1. The predicted octanol–water partition coefficient (Wildman–Crippen LogP) is 2.62. The zero-order valence-electron chi connectivity index (χ0n) is 13.0. The molecule has 1 heterocycles. The molecule has 1 aliphatic rings. The Balaban J connectivity index is 1.77. The van der Waals surface area contributed by atoms with Gasteiger partial charge in [0.05, 0.1) is 6.61 Å². The second-order valence-corrected chi connectivity index (χ2v) is 5.65. The van der Waals surface area contributed by atoms with Crippen molar-refractivity contribution in [1.82, 2.24) is 4.90 Å². The zero-order chi connectivity index (χ0) is 15.9. The van der Waals surface area contributed by atoms with Gasteiger partial charge in [0, 0.05) is 13.0 Å². The highest BCUT2D eigenvalue weighted by molar-refractivity contribution is 5.83. The third-order valence-electron chi connectivity index (χ3n) is 3.99. The van der Waals surface area contributed by atoms with E-state index in [4.69, 9.17) is 4.74 Å². The number of carbonyl (C=O) groups is 2. The molecule has 1 aliphatic heterocycles. The molecule has 1 amide bonds. The normalized spacial score (nSPS) is 18.0. The van der Waals surface area contributed by atoms with Crippen molar-refractivity contribution in [3.8, 4) is 5.75 Å². The van der Waals surface area contributed by atoms with Crippen molar-refractivity contribution in [3.63, 3.8) is 0 Å². The molecular weight excluding hydrogens is 282 g/mol. The summed E-state index contributed by atoms with van der Waals surface area (Å²) in [6, 6.07) is 7.10. The number of benzene rings is 1. The van der Waals surface area contributed by atoms with Gasteiger partial charge in [-0.05, 0) is 44.2 Å². The molecule has 1 saturated heterocycles. The van der Waals surface area contributed by atoms with Crippen molar-refractivity contribution < 1.29 is 19.4 Å². The first-order valence-electron chi connectivity index (χ1n) is 7.80. The molecule has 120 valence electrons. The lowest BCUT2D eigenvalue weighted by atomic mass is 10.0. The highest BCUT2D eigenvalue weighted by atomic mass is 16.5. The molecule has 1 fully saturated rings. The van der Waals surface area contributed by atoms with Gasteiger partial charge in [-0.1, -0.05) is 18.2 Å². The number of amides is 1. The van der Waals surface area contributed by atoms with Crippen LogP contribution in [-0.4, -0.2) is 41.1 Å². The van der Waals surface area contributed by atoms with Gasteiger partial charge in [-0.15, -0.1) is 0 Å². The van der Waals surface area contributed by atoms with E-state index in [-0.39, 0.29) is 5.91 Å². The van der Waals surface area contributed by atoms with Crippen LogP contribution in [0.5, 0.6) is 5.75 Å². The molecular formula is C17H23NO4. The number of likely N-dealkylation sites (tertiary alicyclic amines) is 1. The molecule has 1 atom stereocenters. The summed E-state index contributed by atoms with van der Waals surface area (Å²) in [5.74, 6) is -0.152. The Morgan fingerprint density at radius 1 is 1.32 bits per heavy atom. The first-order valence-corrected chi connectivity index (χ1v) is 7.80. The van der Waals surface area contributed by atoms with Crippen LogP contribution in [0.3, 0.4) is 0 Å². The Bertz CT molecular complexity index is 529. The van der Waals surface area contributed by atoms with Crippen LogP contribution in [0, 0.1) is 6.92 Å². The molecule has 22 heavy (non-hydrogen) atoms. The standard InChI is InChI=1S/C17H23NO4/c1-13-7-2-3-9-15(13)22-12-6-10-16(19)18-11-5-4-8-14(18)17(20)21/h2-3,7,9,14H,4-6,8,10-12H2,1H3,(H,20,21)/t14-/m1/s1. The lowest BCUT2D eigenvalue weighted by Gasteiger charge is -2.33. The van der Waals surface area contributed by atoms with Gasteiger partial charge in [0.25, 0.3) is 0 Å². The van der Waals surface area contributed by atoms with E-state index in [0.29, 0.717) is 32.4 Å². The van der Waals surface area contributed by atoms with Crippen molar-refractivity contribution in [2.75, 3.05) is 13.2 Å². The Hall–Kier alpha value is -2.04. The van der Waals surface area contributed by atoms with Crippen molar-refractivity contribution >= 4 is 11.9 Å². The minimum Gasteiger partial charge on any atom is -0.493 e. The topological polar surface area (TPSA) is 66.8 Å². The first-order chi connectivity index (χ1) is 10.6. The van der Waals surface area contributed by atoms with Gasteiger partial charge in [0.15, 0.2) is 0 Å². The lowest BCUT2D eigenvalue weighted by molar-refractivity contribution is -0.152. The second kappa shape index (κ2) is 7.82. The fourth-order valence-corrected chi connectivity index (χ4v) is 2.75. The summed E-state index contributed by atoms with van der Waals surface area (Å²) in [5, 5.41) is 9.19. The fraction of sp³-hybridized carbons (Fsp3) is 0.529. The number of nitrogens with zero attached hydrogens (tertiary/aromatic N) is 1. The van der Waals surface area contributed by atoms with E-state index in [0.717, 1.165) is 24.2 Å². The number of hydrogen-bond acceptors (Lipinski definition) is 3. The first kappa shape index (κ1) is 16.3. The summed E-state index contributed by atoms with van der Waals surface area (Å²) in [7, 11) is 0. The van der Waals surface area contributed by atoms with Crippen molar-refractivity contribution in [2.24, 2.45) is 0 Å². The van der Waals surface area contributed by atoms with Crippen molar-refractivity contribution in [3.05, 3.63) is 29.8 Å². The zero-order valence-corrected chi connectivity index (χ0v) is 13.0. The summed E-state index contributed by atoms with van der Waals surface area (Å²) in [6.07, 6.45) is 3.23. The Kier molecular flexibility index (Phi) is 5.81. The molecule has 1 aromatic carbocycles. The second-order valence-electron chi connectivity index (χ2n) is 5.65. The Morgan fingerprint density at radius 2 is 2.09 bits per heavy atom. The van der Waals surface area contributed by atoms with E-state index in [1.807, 2.05) is 31.2 Å². The average Bonchev–Trinajstić information content (AvgIpc) is 2.52. The molecule has 5 heteroatoms. The van der Waals surface area contributed by atoms with E-state index >= 15 is 0 Å². The number of aliphatic carboxylic acids is 1. The monoisotopic (exact) mass is 305 g/mol. The molecule has 0 aromatic heterocycles. The summed E-state index contributed by atoms with van der Waals surface area (Å²) in [5.41, 5.74) is 1.07. The van der Waals surface area contributed by atoms with Gasteiger partial charge in [0.2, 0.25) is 5.91 Å². The summed E-state index contributed by atoms with van der Waals surface area (Å²) < 4.78 is 5.66. The largest absolute Gasteiger partial charge is 0.493 e. The van der Waals surface area contributed by atoms with Crippen LogP contribution in [0.1, 0.15) is 37.7 Å². The van der Waals surface area contributed by atoms with Crippen LogP contribution in [0.2, 0.25) is 0 Å².